The largest absolute Gasteiger partial charge is 0.357 e. The van der Waals surface area contributed by atoms with Crippen molar-refractivity contribution in [3.8, 4) is 0 Å². The van der Waals surface area contributed by atoms with Crippen LogP contribution in [-0.2, 0) is 6.42 Å². The summed E-state index contributed by atoms with van der Waals surface area (Å²) in [5.41, 5.74) is 2.38. The molecule has 0 aliphatic heterocycles. The molecule has 1 fully saturated rings. The molecular formula is C24H32N6. The minimum absolute atomic E-state index is 0.503. The fraction of sp³-hybridized carbons (Fsp3) is 0.458. The molecular weight excluding hydrogens is 372 g/mol. The van der Waals surface area contributed by atoms with Gasteiger partial charge >= 0.3 is 0 Å². The minimum Gasteiger partial charge on any atom is -0.357 e. The Labute approximate surface area is 178 Å². The average molecular weight is 405 g/mol. The third-order valence-corrected chi connectivity index (χ3v) is 5.90. The van der Waals surface area contributed by atoms with Crippen LogP contribution in [0.2, 0.25) is 0 Å². The lowest BCUT2D eigenvalue weighted by molar-refractivity contribution is 0.371. The lowest BCUT2D eigenvalue weighted by atomic mass is 9.82. The quantitative estimate of drug-likeness (QED) is 0.356. The van der Waals surface area contributed by atoms with Crippen LogP contribution in [0.15, 0.2) is 59.7 Å². The van der Waals surface area contributed by atoms with Gasteiger partial charge in [-0.1, -0.05) is 36.4 Å². The van der Waals surface area contributed by atoms with Gasteiger partial charge in [-0.05, 0) is 62.6 Å². The van der Waals surface area contributed by atoms with Gasteiger partial charge in [-0.3, -0.25) is 9.39 Å². The van der Waals surface area contributed by atoms with Gasteiger partial charge in [-0.2, -0.15) is 0 Å². The number of aromatic nitrogens is 3. The van der Waals surface area contributed by atoms with E-state index in [2.05, 4.69) is 62.5 Å². The summed E-state index contributed by atoms with van der Waals surface area (Å²) in [7, 11) is 0. The normalized spacial score (nSPS) is 19.7. The van der Waals surface area contributed by atoms with Crippen LogP contribution in [0.4, 0.5) is 0 Å². The molecule has 0 saturated heterocycles. The molecule has 0 unspecified atom stereocenters. The Morgan fingerprint density at radius 3 is 2.63 bits per heavy atom. The second kappa shape index (κ2) is 10.2. The van der Waals surface area contributed by atoms with Gasteiger partial charge in [-0.25, -0.2) is 0 Å². The molecule has 6 heteroatoms. The maximum Gasteiger partial charge on any atom is 0.191 e. The molecule has 30 heavy (non-hydrogen) atoms. The highest BCUT2D eigenvalue weighted by Gasteiger charge is 2.22. The van der Waals surface area contributed by atoms with E-state index in [0.717, 1.165) is 43.4 Å². The summed E-state index contributed by atoms with van der Waals surface area (Å²) in [4.78, 5) is 4.80. The van der Waals surface area contributed by atoms with E-state index in [-0.39, 0.29) is 0 Å². The van der Waals surface area contributed by atoms with Gasteiger partial charge in [0.15, 0.2) is 11.6 Å². The molecule has 0 amide bonds. The second-order valence-electron chi connectivity index (χ2n) is 8.01. The molecule has 2 aromatic heterocycles. The Hall–Kier alpha value is -2.89. The number of aliphatic imine (C=N–C) groups is 1. The summed E-state index contributed by atoms with van der Waals surface area (Å²) >= 11 is 0. The van der Waals surface area contributed by atoms with Gasteiger partial charge in [0.25, 0.3) is 0 Å². The summed E-state index contributed by atoms with van der Waals surface area (Å²) in [5, 5.41) is 15.6. The van der Waals surface area contributed by atoms with Crippen molar-refractivity contribution >= 4 is 11.6 Å². The summed E-state index contributed by atoms with van der Waals surface area (Å²) in [6.07, 6.45) is 8.70. The number of fused-ring (bicyclic) bond motifs is 1. The van der Waals surface area contributed by atoms with Gasteiger partial charge in [0.1, 0.15) is 5.82 Å². The standard InChI is InChI=1S/C24H32N6/c1-2-25-24(26-17-8-12-23-29-28-22-11-6-7-18-30(22)23)27-21-15-13-20(14-16-21)19-9-4-3-5-10-19/h3-7,9-11,18,20-21H,2,8,12-17H2,1H3,(H2,25,26,27). The van der Waals surface area contributed by atoms with E-state index in [1.165, 1.54) is 31.2 Å². The Balaban J connectivity index is 1.26. The molecule has 1 aliphatic carbocycles. The maximum atomic E-state index is 4.80. The van der Waals surface area contributed by atoms with Crippen LogP contribution in [0.5, 0.6) is 0 Å². The van der Waals surface area contributed by atoms with Crippen LogP contribution in [0.3, 0.4) is 0 Å². The molecule has 2 N–H and O–H groups in total. The third-order valence-electron chi connectivity index (χ3n) is 5.90. The van der Waals surface area contributed by atoms with E-state index in [4.69, 9.17) is 4.99 Å². The van der Waals surface area contributed by atoms with E-state index < -0.39 is 0 Å². The Morgan fingerprint density at radius 1 is 1.03 bits per heavy atom. The number of nitrogens with zero attached hydrogens (tertiary/aromatic N) is 4. The van der Waals surface area contributed by atoms with Crippen LogP contribution in [0.25, 0.3) is 5.65 Å². The highest BCUT2D eigenvalue weighted by atomic mass is 15.2. The monoisotopic (exact) mass is 404 g/mol. The minimum atomic E-state index is 0.503. The van der Waals surface area contributed by atoms with Gasteiger partial charge in [-0.15, -0.1) is 10.2 Å². The van der Waals surface area contributed by atoms with Gasteiger partial charge in [0.05, 0.1) is 0 Å². The molecule has 158 valence electrons. The van der Waals surface area contributed by atoms with Crippen molar-refractivity contribution in [3.63, 3.8) is 0 Å². The van der Waals surface area contributed by atoms with Crippen molar-refractivity contribution in [1.29, 1.82) is 0 Å². The van der Waals surface area contributed by atoms with Gasteiger partial charge < -0.3 is 10.6 Å². The number of rotatable bonds is 7. The number of benzene rings is 1. The highest BCUT2D eigenvalue weighted by molar-refractivity contribution is 5.80. The number of aryl methyl sites for hydroxylation is 1. The Morgan fingerprint density at radius 2 is 1.83 bits per heavy atom. The van der Waals surface area contributed by atoms with Crippen molar-refractivity contribution in [2.24, 2.45) is 4.99 Å². The third kappa shape index (κ3) is 5.17. The zero-order chi connectivity index (χ0) is 20.6. The molecule has 0 radical (unpaired) electrons. The first-order valence-electron chi connectivity index (χ1n) is 11.2. The fourth-order valence-electron chi connectivity index (χ4n) is 4.30. The molecule has 4 rings (SSSR count). The Kier molecular flexibility index (Phi) is 6.95. The van der Waals surface area contributed by atoms with Crippen molar-refractivity contribution < 1.29 is 0 Å². The van der Waals surface area contributed by atoms with Crippen molar-refractivity contribution in [3.05, 3.63) is 66.1 Å². The van der Waals surface area contributed by atoms with E-state index in [0.29, 0.717) is 12.0 Å². The smallest absolute Gasteiger partial charge is 0.191 e. The lowest BCUT2D eigenvalue weighted by Gasteiger charge is -2.30. The SMILES string of the molecule is CCNC(=NCCCc1nnc2ccccn12)NC1CCC(c2ccccc2)CC1. The molecule has 1 aliphatic rings. The van der Waals surface area contributed by atoms with E-state index in [1.54, 1.807) is 0 Å². The number of hydrogen-bond acceptors (Lipinski definition) is 3. The number of nitrogens with one attached hydrogen (secondary N) is 2. The fourth-order valence-corrected chi connectivity index (χ4v) is 4.30. The first-order chi connectivity index (χ1) is 14.8. The summed E-state index contributed by atoms with van der Waals surface area (Å²) in [6, 6.07) is 17.4. The van der Waals surface area contributed by atoms with Crippen molar-refractivity contribution in [2.45, 2.75) is 57.4 Å². The van der Waals surface area contributed by atoms with Crippen LogP contribution >= 0.6 is 0 Å². The predicted octanol–water partition coefficient (Wildman–Crippen LogP) is 3.94. The van der Waals surface area contributed by atoms with Crippen LogP contribution in [0.1, 0.15) is 56.3 Å². The van der Waals surface area contributed by atoms with Gasteiger partial charge in [0, 0.05) is 31.7 Å². The zero-order valence-corrected chi connectivity index (χ0v) is 17.8. The predicted molar refractivity (Wildman–Crippen MR) is 122 cm³/mol. The lowest BCUT2D eigenvalue weighted by Crippen LogP contribution is -2.44. The maximum absolute atomic E-state index is 4.80. The Bertz CT molecular complexity index is 940. The van der Waals surface area contributed by atoms with Crippen LogP contribution in [0, 0.1) is 0 Å². The second-order valence-corrected chi connectivity index (χ2v) is 8.01. The van der Waals surface area contributed by atoms with Crippen molar-refractivity contribution in [1.82, 2.24) is 25.2 Å². The molecule has 6 nitrogen and oxygen atoms in total. The summed E-state index contributed by atoms with van der Waals surface area (Å²) in [5.74, 6) is 2.63. The molecule has 0 atom stereocenters. The summed E-state index contributed by atoms with van der Waals surface area (Å²) < 4.78 is 2.05. The number of hydrogen-bond donors (Lipinski definition) is 2. The molecule has 1 saturated carbocycles. The van der Waals surface area contributed by atoms with Crippen LogP contribution in [-0.4, -0.2) is 39.7 Å². The van der Waals surface area contributed by atoms with E-state index >= 15 is 0 Å². The molecule has 3 aromatic rings. The highest BCUT2D eigenvalue weighted by Crippen LogP contribution is 2.32. The average Bonchev–Trinajstić information content (AvgIpc) is 3.21. The first kappa shape index (κ1) is 20.4. The van der Waals surface area contributed by atoms with E-state index in [9.17, 15) is 0 Å². The molecule has 0 bridgehead atoms. The first-order valence-corrected chi connectivity index (χ1v) is 11.2. The topological polar surface area (TPSA) is 66.6 Å². The molecule has 1 aromatic carbocycles. The van der Waals surface area contributed by atoms with E-state index in [1.807, 2.05) is 24.4 Å². The van der Waals surface area contributed by atoms with Crippen LogP contribution < -0.4 is 10.6 Å². The van der Waals surface area contributed by atoms with Crippen molar-refractivity contribution in [2.75, 3.05) is 13.1 Å². The number of pyridine rings is 1. The summed E-state index contributed by atoms with van der Waals surface area (Å²) in [6.45, 7) is 3.77. The number of guanidine groups is 1. The van der Waals surface area contributed by atoms with Gasteiger partial charge in [0.2, 0.25) is 0 Å². The molecule has 2 heterocycles. The zero-order valence-electron chi connectivity index (χ0n) is 17.8. The molecule has 0 spiro atoms.